The Kier molecular flexibility index (Phi) is 9.90. The molecule has 9 heteroatoms. The van der Waals surface area contributed by atoms with Crippen LogP contribution in [0.5, 0.6) is 0 Å². The molecular weight excluding hydrogens is 281 g/mol. The van der Waals surface area contributed by atoms with E-state index in [1.807, 2.05) is 0 Å². The van der Waals surface area contributed by atoms with Gasteiger partial charge in [0.05, 0.1) is 15.9 Å². The molecule has 76 valence electrons. The second-order valence-corrected chi connectivity index (χ2v) is 3.60. The van der Waals surface area contributed by atoms with Gasteiger partial charge >= 0.3 is 59.1 Å². The third-order valence-electron chi connectivity index (χ3n) is 1.42. The number of carbonyl (C=O) groups is 1. The first-order valence-corrected chi connectivity index (χ1v) is 4.68. The number of hydrogen-bond donors (Lipinski definition) is 0. The van der Waals surface area contributed by atoms with Crippen LogP contribution in [0.1, 0.15) is 10.4 Å². The molecule has 0 amide bonds. The second kappa shape index (κ2) is 8.18. The van der Waals surface area contributed by atoms with Gasteiger partial charge in [-0.25, -0.2) is 4.39 Å². The Bertz CT molecular complexity index is 394. The summed E-state index contributed by atoms with van der Waals surface area (Å²) in [5, 5.41) is 9.98. The number of rotatable bonds is 2. The maximum atomic E-state index is 12.9. The summed E-state index contributed by atoms with van der Waals surface area (Å²) in [6.45, 7) is 0. The Hall–Kier alpha value is 1.02. The minimum atomic E-state index is -2.85. The summed E-state index contributed by atoms with van der Waals surface area (Å²) >= 11 is 2.49. The molecule has 0 heterocycles. The van der Waals surface area contributed by atoms with E-state index in [9.17, 15) is 23.1 Å². The molecule has 0 bridgehead atoms. The number of carboxylic acids is 1. The van der Waals surface area contributed by atoms with Crippen LogP contribution in [0.15, 0.2) is 17.0 Å². The molecule has 1 unspecified atom stereocenters. The van der Waals surface area contributed by atoms with Crippen molar-refractivity contribution in [3.63, 3.8) is 0 Å². The minimum absolute atomic E-state index is 0. The first-order valence-electron chi connectivity index (χ1n) is 3.23. The second-order valence-electron chi connectivity index (χ2n) is 2.28. The topological polar surface area (TPSA) is 80.3 Å². The van der Waals surface area contributed by atoms with Gasteiger partial charge in [0.25, 0.3) is 0 Å². The van der Waals surface area contributed by atoms with E-state index in [1.165, 1.54) is 0 Å². The number of hydrogen-bond acceptors (Lipinski definition) is 4. The van der Waals surface area contributed by atoms with Crippen molar-refractivity contribution in [1.29, 1.82) is 0 Å². The Labute approximate surface area is 142 Å². The van der Waals surface area contributed by atoms with Crippen LogP contribution in [0.25, 0.3) is 0 Å². The maximum Gasteiger partial charge on any atom is 1.00 e. The van der Waals surface area contributed by atoms with Crippen molar-refractivity contribution in [3.8, 4) is 0 Å². The van der Waals surface area contributed by atoms with Crippen LogP contribution in [0.3, 0.4) is 0 Å². The SMILES string of the molecule is O=C([O-])c1cc(S(=O)[O-])c(F)cc1Cl.[Na+].[Na+]. The molecule has 0 aromatic heterocycles. The molecule has 0 N–H and O–H groups in total. The number of aromatic carboxylic acids is 1. The predicted octanol–water partition coefficient (Wildman–Crippen LogP) is -5.91. The van der Waals surface area contributed by atoms with Gasteiger partial charge in [0.2, 0.25) is 0 Å². The molecule has 0 aliphatic heterocycles. The van der Waals surface area contributed by atoms with Crippen LogP contribution in [-0.2, 0) is 11.1 Å². The van der Waals surface area contributed by atoms with E-state index >= 15 is 0 Å². The summed E-state index contributed by atoms with van der Waals surface area (Å²) in [4.78, 5) is 9.63. The van der Waals surface area contributed by atoms with Gasteiger partial charge in [0.1, 0.15) is 5.82 Å². The third kappa shape index (κ3) is 4.72. The maximum absolute atomic E-state index is 12.9. The summed E-state index contributed by atoms with van der Waals surface area (Å²) in [5.74, 6) is -2.77. The van der Waals surface area contributed by atoms with Gasteiger partial charge in [-0.3, -0.25) is 4.21 Å². The quantitative estimate of drug-likeness (QED) is 0.400. The van der Waals surface area contributed by atoms with Gasteiger partial charge in [0, 0.05) is 5.56 Å². The fourth-order valence-electron chi connectivity index (χ4n) is 0.813. The summed E-state index contributed by atoms with van der Waals surface area (Å²) in [6.07, 6.45) is 0. The van der Waals surface area contributed by atoms with Crippen molar-refractivity contribution < 1.29 is 82.2 Å². The molecule has 1 atom stereocenters. The molecule has 0 aliphatic carbocycles. The van der Waals surface area contributed by atoms with E-state index in [1.54, 1.807) is 0 Å². The molecule has 0 radical (unpaired) electrons. The molecule has 1 rings (SSSR count). The Balaban J connectivity index is 0. The van der Waals surface area contributed by atoms with Crippen LogP contribution in [0.2, 0.25) is 5.02 Å². The van der Waals surface area contributed by atoms with Crippen LogP contribution >= 0.6 is 11.6 Å². The molecule has 16 heavy (non-hydrogen) atoms. The predicted molar refractivity (Wildman–Crippen MR) is 42.9 cm³/mol. The van der Waals surface area contributed by atoms with Gasteiger partial charge in [-0.1, -0.05) is 11.6 Å². The summed E-state index contributed by atoms with van der Waals surface area (Å²) in [7, 11) is 0. The Morgan fingerprint density at radius 1 is 1.38 bits per heavy atom. The van der Waals surface area contributed by atoms with Crippen LogP contribution in [-0.4, -0.2) is 14.7 Å². The number of halogens is 2. The summed E-state index contributed by atoms with van der Waals surface area (Å²) < 4.78 is 33.7. The first-order chi connectivity index (χ1) is 6.43. The van der Waals surface area contributed by atoms with Gasteiger partial charge in [-0.2, -0.15) is 0 Å². The van der Waals surface area contributed by atoms with E-state index in [-0.39, 0.29) is 59.1 Å². The zero-order chi connectivity index (χ0) is 10.9. The molecule has 1 aromatic carbocycles. The largest absolute Gasteiger partial charge is 1.00 e. The minimum Gasteiger partial charge on any atom is -0.768 e. The molecule has 0 aliphatic rings. The average Bonchev–Trinajstić information content (AvgIpc) is 2.02. The average molecular weight is 283 g/mol. The molecular formula is C7H2ClFNa2O4S. The van der Waals surface area contributed by atoms with Crippen LogP contribution in [0.4, 0.5) is 4.39 Å². The monoisotopic (exact) mass is 282 g/mol. The van der Waals surface area contributed by atoms with Crippen LogP contribution in [0, 0.1) is 5.82 Å². The molecule has 0 fully saturated rings. The van der Waals surface area contributed by atoms with E-state index in [2.05, 4.69) is 0 Å². The van der Waals surface area contributed by atoms with Crippen molar-refractivity contribution in [1.82, 2.24) is 0 Å². The molecule has 1 aromatic rings. The fraction of sp³-hybridized carbons (Fsp3) is 0. The molecule has 0 spiro atoms. The summed E-state index contributed by atoms with van der Waals surface area (Å²) in [5.41, 5.74) is -0.563. The molecule has 0 saturated carbocycles. The first kappa shape index (κ1) is 19.4. The smallest absolute Gasteiger partial charge is 0.768 e. The molecule has 4 nitrogen and oxygen atoms in total. The standard InChI is InChI=1S/C7H4ClFO4S.2Na/c8-4-2-5(9)6(14(12)13)1-3(4)7(10)11;;/h1-2H,(H,10,11)(H,12,13);;/q;2*+1/p-2. The number of carbonyl (C=O) groups excluding carboxylic acids is 1. The van der Waals surface area contributed by atoms with Crippen molar-refractivity contribution in [2.45, 2.75) is 4.90 Å². The van der Waals surface area contributed by atoms with E-state index in [0.29, 0.717) is 12.1 Å². The third-order valence-corrected chi connectivity index (χ3v) is 2.41. The summed E-state index contributed by atoms with van der Waals surface area (Å²) in [6, 6.07) is 1.22. The number of carboxylic acid groups (broad SMARTS) is 1. The Morgan fingerprint density at radius 2 is 1.88 bits per heavy atom. The van der Waals surface area contributed by atoms with Crippen LogP contribution < -0.4 is 64.2 Å². The number of benzene rings is 1. The van der Waals surface area contributed by atoms with Crippen molar-refractivity contribution in [2.24, 2.45) is 0 Å². The fourth-order valence-corrected chi connectivity index (χ4v) is 1.47. The van der Waals surface area contributed by atoms with Crippen molar-refractivity contribution in [3.05, 3.63) is 28.5 Å². The van der Waals surface area contributed by atoms with Gasteiger partial charge < -0.3 is 14.5 Å². The van der Waals surface area contributed by atoms with E-state index < -0.39 is 38.3 Å². The van der Waals surface area contributed by atoms with E-state index in [4.69, 9.17) is 11.6 Å². The van der Waals surface area contributed by atoms with Gasteiger partial charge in [-0.05, 0) is 23.2 Å². The van der Waals surface area contributed by atoms with Gasteiger partial charge in [0.15, 0.2) is 0 Å². The van der Waals surface area contributed by atoms with Crippen molar-refractivity contribution >= 4 is 28.7 Å². The Morgan fingerprint density at radius 3 is 2.25 bits per heavy atom. The van der Waals surface area contributed by atoms with Gasteiger partial charge in [-0.15, -0.1) is 0 Å². The van der Waals surface area contributed by atoms with Crippen molar-refractivity contribution in [2.75, 3.05) is 0 Å². The zero-order valence-electron chi connectivity index (χ0n) is 8.45. The van der Waals surface area contributed by atoms with E-state index in [0.717, 1.165) is 0 Å². The zero-order valence-corrected chi connectivity index (χ0v) is 14.0. The molecule has 0 saturated heterocycles. The normalized spacial score (nSPS) is 10.9.